The second-order valence-electron chi connectivity index (χ2n) is 7.26. The summed E-state index contributed by atoms with van der Waals surface area (Å²) in [5, 5.41) is 3.89. The third kappa shape index (κ3) is 3.72. The molecule has 0 spiro atoms. The van der Waals surface area contributed by atoms with Crippen molar-refractivity contribution in [2.75, 3.05) is 19.6 Å². The predicted octanol–water partition coefficient (Wildman–Crippen LogP) is 4.06. The van der Waals surface area contributed by atoms with Gasteiger partial charge in [0.1, 0.15) is 0 Å². The highest BCUT2D eigenvalue weighted by Crippen LogP contribution is 2.39. The molecule has 0 bridgehead atoms. The molecule has 2 nitrogen and oxygen atoms in total. The molecule has 0 radical (unpaired) electrons. The molecule has 19 heavy (non-hydrogen) atoms. The fourth-order valence-electron chi connectivity index (χ4n) is 4.04. The molecular weight excluding hydrogens is 232 g/mol. The van der Waals surface area contributed by atoms with Crippen LogP contribution in [-0.4, -0.2) is 36.1 Å². The number of rotatable bonds is 7. The van der Waals surface area contributed by atoms with Crippen molar-refractivity contribution in [1.82, 2.24) is 10.2 Å². The van der Waals surface area contributed by atoms with Gasteiger partial charge in [-0.2, -0.15) is 0 Å². The molecule has 0 aliphatic carbocycles. The summed E-state index contributed by atoms with van der Waals surface area (Å²) in [5.74, 6) is 0. The molecule has 0 amide bonds. The molecule has 1 fully saturated rings. The highest BCUT2D eigenvalue weighted by molar-refractivity contribution is 5.04. The molecule has 1 unspecified atom stereocenters. The average molecular weight is 268 g/mol. The van der Waals surface area contributed by atoms with Gasteiger partial charge in [0.05, 0.1) is 0 Å². The Morgan fingerprint density at radius 2 is 1.53 bits per heavy atom. The third-order valence-electron chi connectivity index (χ3n) is 4.96. The quantitative estimate of drug-likeness (QED) is 0.749. The van der Waals surface area contributed by atoms with Crippen LogP contribution in [0.3, 0.4) is 0 Å². The first-order valence-corrected chi connectivity index (χ1v) is 8.40. The Hall–Kier alpha value is -0.0800. The summed E-state index contributed by atoms with van der Waals surface area (Å²) in [7, 11) is 0. The van der Waals surface area contributed by atoms with Crippen LogP contribution in [0.4, 0.5) is 0 Å². The summed E-state index contributed by atoms with van der Waals surface area (Å²) < 4.78 is 0. The van der Waals surface area contributed by atoms with Crippen molar-refractivity contribution in [3.63, 3.8) is 0 Å². The maximum atomic E-state index is 3.89. The highest BCUT2D eigenvalue weighted by atomic mass is 15.2. The summed E-state index contributed by atoms with van der Waals surface area (Å²) in [4.78, 5) is 2.78. The Labute approximate surface area is 121 Å². The van der Waals surface area contributed by atoms with Crippen LogP contribution in [0.25, 0.3) is 0 Å². The van der Waals surface area contributed by atoms with E-state index in [0.717, 1.165) is 6.54 Å². The lowest BCUT2D eigenvalue weighted by Gasteiger charge is -2.52. The molecule has 0 saturated carbocycles. The highest BCUT2D eigenvalue weighted by Gasteiger charge is 2.46. The molecule has 0 aromatic rings. The Bertz CT molecular complexity index is 244. The minimum absolute atomic E-state index is 0.309. The topological polar surface area (TPSA) is 15.3 Å². The molecule has 0 aromatic carbocycles. The Morgan fingerprint density at radius 1 is 1.00 bits per heavy atom. The van der Waals surface area contributed by atoms with Gasteiger partial charge in [-0.05, 0) is 57.2 Å². The molecule has 1 aliphatic rings. The van der Waals surface area contributed by atoms with Gasteiger partial charge in [-0.1, -0.05) is 41.5 Å². The van der Waals surface area contributed by atoms with E-state index in [2.05, 4.69) is 51.8 Å². The van der Waals surface area contributed by atoms with Gasteiger partial charge in [0.25, 0.3) is 0 Å². The van der Waals surface area contributed by atoms with Crippen molar-refractivity contribution in [2.45, 2.75) is 85.2 Å². The molecule has 1 rings (SSSR count). The van der Waals surface area contributed by atoms with Crippen LogP contribution in [0, 0.1) is 5.41 Å². The monoisotopic (exact) mass is 268 g/mol. The molecule has 1 atom stereocenters. The molecule has 1 N–H and O–H groups in total. The molecule has 114 valence electrons. The van der Waals surface area contributed by atoms with E-state index >= 15 is 0 Å². The molecule has 1 aliphatic heterocycles. The molecule has 1 saturated heterocycles. The maximum Gasteiger partial charge on any atom is 0.0362 e. The second kappa shape index (κ2) is 7.08. The molecule has 1 heterocycles. The maximum absolute atomic E-state index is 3.89. The van der Waals surface area contributed by atoms with E-state index in [4.69, 9.17) is 0 Å². The summed E-state index contributed by atoms with van der Waals surface area (Å²) in [5.41, 5.74) is 0.647. The van der Waals surface area contributed by atoms with Crippen LogP contribution in [0.1, 0.15) is 73.6 Å². The summed E-state index contributed by atoms with van der Waals surface area (Å²) in [6.07, 6.45) is 6.49. The van der Waals surface area contributed by atoms with Crippen LogP contribution in [0.5, 0.6) is 0 Å². The third-order valence-corrected chi connectivity index (χ3v) is 4.96. The second-order valence-corrected chi connectivity index (χ2v) is 7.26. The van der Waals surface area contributed by atoms with Crippen molar-refractivity contribution in [3.05, 3.63) is 0 Å². The smallest absolute Gasteiger partial charge is 0.0362 e. The van der Waals surface area contributed by atoms with E-state index in [1.807, 2.05) is 0 Å². The Morgan fingerprint density at radius 3 is 1.89 bits per heavy atom. The van der Waals surface area contributed by atoms with Crippen LogP contribution in [-0.2, 0) is 0 Å². The number of nitrogens with zero attached hydrogens (tertiary/aromatic N) is 1. The van der Waals surface area contributed by atoms with Crippen molar-refractivity contribution >= 4 is 0 Å². The van der Waals surface area contributed by atoms with Gasteiger partial charge in [0, 0.05) is 11.6 Å². The predicted molar refractivity (Wildman–Crippen MR) is 85.7 cm³/mol. The first-order valence-electron chi connectivity index (χ1n) is 8.40. The SMILES string of the molecule is CCCNC(C(C)(C)C)C(CC)(CC)N1CCCC1. The van der Waals surface area contributed by atoms with E-state index in [1.54, 1.807) is 0 Å². The summed E-state index contributed by atoms with van der Waals surface area (Å²) in [6.45, 7) is 18.0. The number of hydrogen-bond acceptors (Lipinski definition) is 2. The first-order chi connectivity index (χ1) is 8.92. The zero-order valence-electron chi connectivity index (χ0n) is 14.2. The normalized spacial score (nSPS) is 19.9. The first kappa shape index (κ1) is 17.0. The van der Waals surface area contributed by atoms with Gasteiger partial charge in [0.15, 0.2) is 0 Å². The number of nitrogens with one attached hydrogen (secondary N) is 1. The van der Waals surface area contributed by atoms with E-state index < -0.39 is 0 Å². The van der Waals surface area contributed by atoms with Crippen molar-refractivity contribution < 1.29 is 0 Å². The molecule has 0 aromatic heterocycles. The van der Waals surface area contributed by atoms with Crippen molar-refractivity contribution in [3.8, 4) is 0 Å². The number of likely N-dealkylation sites (tertiary alicyclic amines) is 1. The molecular formula is C17H36N2. The van der Waals surface area contributed by atoms with Crippen LogP contribution < -0.4 is 5.32 Å². The Kier molecular flexibility index (Phi) is 6.32. The average Bonchev–Trinajstić information content (AvgIpc) is 2.87. The van der Waals surface area contributed by atoms with Gasteiger partial charge < -0.3 is 5.32 Å². The molecule has 2 heteroatoms. The Balaban J connectivity index is 3.02. The van der Waals surface area contributed by atoms with Crippen molar-refractivity contribution in [2.24, 2.45) is 5.41 Å². The lowest BCUT2D eigenvalue weighted by molar-refractivity contribution is 0.0167. The summed E-state index contributed by atoms with van der Waals surface area (Å²) in [6, 6.07) is 0.577. The fourth-order valence-corrected chi connectivity index (χ4v) is 4.04. The van der Waals surface area contributed by atoms with Gasteiger partial charge in [-0.3, -0.25) is 4.90 Å². The van der Waals surface area contributed by atoms with E-state index in [9.17, 15) is 0 Å². The standard InChI is InChI=1S/C17H36N2/c1-7-12-18-15(16(4,5)6)17(8-2,9-3)19-13-10-11-14-19/h15,18H,7-14H2,1-6H3. The lowest BCUT2D eigenvalue weighted by atomic mass is 9.70. The van der Waals surface area contributed by atoms with E-state index in [0.29, 0.717) is 17.0 Å². The van der Waals surface area contributed by atoms with Gasteiger partial charge in [-0.15, -0.1) is 0 Å². The van der Waals surface area contributed by atoms with E-state index in [-0.39, 0.29) is 0 Å². The van der Waals surface area contributed by atoms with Gasteiger partial charge in [0.2, 0.25) is 0 Å². The zero-order valence-corrected chi connectivity index (χ0v) is 14.2. The van der Waals surface area contributed by atoms with E-state index in [1.165, 1.54) is 45.2 Å². The minimum atomic E-state index is 0.309. The summed E-state index contributed by atoms with van der Waals surface area (Å²) >= 11 is 0. The lowest BCUT2D eigenvalue weighted by Crippen LogP contribution is -2.64. The van der Waals surface area contributed by atoms with Crippen LogP contribution in [0.15, 0.2) is 0 Å². The van der Waals surface area contributed by atoms with Crippen LogP contribution >= 0.6 is 0 Å². The minimum Gasteiger partial charge on any atom is -0.312 e. The van der Waals surface area contributed by atoms with Gasteiger partial charge in [-0.25, -0.2) is 0 Å². The largest absolute Gasteiger partial charge is 0.312 e. The number of hydrogen-bond donors (Lipinski definition) is 1. The van der Waals surface area contributed by atoms with Crippen molar-refractivity contribution in [1.29, 1.82) is 0 Å². The van der Waals surface area contributed by atoms with Crippen LogP contribution in [0.2, 0.25) is 0 Å². The zero-order chi connectivity index (χ0) is 14.5. The van der Waals surface area contributed by atoms with Gasteiger partial charge >= 0.3 is 0 Å². The fraction of sp³-hybridized carbons (Fsp3) is 1.00.